The zero-order valence-electron chi connectivity index (χ0n) is 9.66. The Morgan fingerprint density at radius 1 is 1.33 bits per heavy atom. The first-order valence-electron chi connectivity index (χ1n) is 4.84. The summed E-state index contributed by atoms with van der Waals surface area (Å²) in [6.45, 7) is 4.70. The normalized spacial score (nSPS) is 11.2. The van der Waals surface area contributed by atoms with Gasteiger partial charge in [0.15, 0.2) is 0 Å². The van der Waals surface area contributed by atoms with Crippen molar-refractivity contribution in [2.24, 2.45) is 0 Å². The van der Waals surface area contributed by atoms with Crippen LogP contribution in [-0.2, 0) is 4.74 Å². The zero-order chi connectivity index (χ0) is 11.3. The summed E-state index contributed by atoms with van der Waals surface area (Å²) in [5, 5.41) is 6.20. The Balaban J connectivity index is 2.71. The lowest BCUT2D eigenvalue weighted by Gasteiger charge is -2.25. The van der Waals surface area contributed by atoms with Crippen LogP contribution >= 0.6 is 0 Å². The van der Waals surface area contributed by atoms with Crippen LogP contribution in [0.2, 0.25) is 0 Å². The molecular weight excluding hydrogens is 192 g/mol. The molecule has 0 aliphatic carbocycles. The highest BCUT2D eigenvalue weighted by Crippen LogP contribution is 2.13. The number of nitrogens with zero attached hydrogens (tertiary/aromatic N) is 2. The van der Waals surface area contributed by atoms with Crippen molar-refractivity contribution in [1.82, 2.24) is 9.97 Å². The van der Waals surface area contributed by atoms with Crippen LogP contribution in [0.5, 0.6) is 0 Å². The molecule has 0 aliphatic heterocycles. The van der Waals surface area contributed by atoms with Crippen LogP contribution in [0.3, 0.4) is 0 Å². The number of rotatable bonds is 5. The van der Waals surface area contributed by atoms with E-state index in [-0.39, 0.29) is 5.54 Å². The first-order valence-corrected chi connectivity index (χ1v) is 4.84. The fourth-order valence-electron chi connectivity index (χ4n) is 1.29. The molecular formula is C10H18N4O. The first kappa shape index (κ1) is 11.7. The maximum absolute atomic E-state index is 5.11. The van der Waals surface area contributed by atoms with Gasteiger partial charge in [-0.2, -0.15) is 0 Å². The quantitative estimate of drug-likeness (QED) is 0.768. The molecule has 0 radical (unpaired) electrons. The van der Waals surface area contributed by atoms with Crippen molar-refractivity contribution in [1.29, 1.82) is 0 Å². The van der Waals surface area contributed by atoms with Crippen molar-refractivity contribution in [2.75, 3.05) is 31.4 Å². The second kappa shape index (κ2) is 4.93. The minimum atomic E-state index is -0.157. The third-order valence-electron chi connectivity index (χ3n) is 1.86. The van der Waals surface area contributed by atoms with Gasteiger partial charge in [0.05, 0.1) is 24.5 Å². The number of aromatic nitrogens is 2. The average molecular weight is 210 g/mol. The SMILES string of the molecule is CNc1cncc(NC(C)(C)COC)n1. The summed E-state index contributed by atoms with van der Waals surface area (Å²) in [4.78, 5) is 8.39. The van der Waals surface area contributed by atoms with E-state index in [1.165, 1.54) is 0 Å². The predicted octanol–water partition coefficient (Wildman–Crippen LogP) is 1.36. The minimum absolute atomic E-state index is 0.157. The van der Waals surface area contributed by atoms with E-state index in [0.717, 1.165) is 11.6 Å². The van der Waals surface area contributed by atoms with Gasteiger partial charge in [0.1, 0.15) is 11.6 Å². The van der Waals surface area contributed by atoms with Gasteiger partial charge in [0.25, 0.3) is 0 Å². The van der Waals surface area contributed by atoms with Gasteiger partial charge in [0.2, 0.25) is 0 Å². The molecule has 0 amide bonds. The molecule has 0 atom stereocenters. The molecule has 0 spiro atoms. The summed E-state index contributed by atoms with van der Waals surface area (Å²) in [7, 11) is 3.49. The lowest BCUT2D eigenvalue weighted by Crippen LogP contribution is -2.36. The Hall–Kier alpha value is -1.36. The molecule has 1 rings (SSSR count). The Labute approximate surface area is 90.3 Å². The lowest BCUT2D eigenvalue weighted by molar-refractivity contribution is 0.158. The van der Waals surface area contributed by atoms with E-state index in [1.807, 2.05) is 20.9 Å². The summed E-state index contributed by atoms with van der Waals surface area (Å²) >= 11 is 0. The molecule has 1 heterocycles. The highest BCUT2D eigenvalue weighted by molar-refractivity contribution is 5.42. The molecule has 15 heavy (non-hydrogen) atoms. The van der Waals surface area contributed by atoms with Crippen LogP contribution in [-0.4, -0.2) is 36.3 Å². The summed E-state index contributed by atoms with van der Waals surface area (Å²) in [5.41, 5.74) is -0.157. The number of methoxy groups -OCH3 is 1. The molecule has 0 aromatic carbocycles. The summed E-state index contributed by atoms with van der Waals surface area (Å²) in [6, 6.07) is 0. The van der Waals surface area contributed by atoms with E-state index < -0.39 is 0 Å². The second-order valence-electron chi connectivity index (χ2n) is 3.98. The van der Waals surface area contributed by atoms with Gasteiger partial charge >= 0.3 is 0 Å². The fourth-order valence-corrected chi connectivity index (χ4v) is 1.29. The number of nitrogens with one attached hydrogen (secondary N) is 2. The van der Waals surface area contributed by atoms with Crippen LogP contribution in [0.25, 0.3) is 0 Å². The molecule has 5 heteroatoms. The molecule has 5 nitrogen and oxygen atoms in total. The topological polar surface area (TPSA) is 59.1 Å². The molecule has 0 saturated heterocycles. The largest absolute Gasteiger partial charge is 0.382 e. The summed E-state index contributed by atoms with van der Waals surface area (Å²) in [5.74, 6) is 1.48. The highest BCUT2D eigenvalue weighted by Gasteiger charge is 2.17. The van der Waals surface area contributed by atoms with Gasteiger partial charge in [0, 0.05) is 14.2 Å². The highest BCUT2D eigenvalue weighted by atomic mass is 16.5. The molecule has 2 N–H and O–H groups in total. The van der Waals surface area contributed by atoms with Crippen LogP contribution in [0, 0.1) is 0 Å². The third kappa shape index (κ3) is 3.71. The molecule has 84 valence electrons. The standard InChI is InChI=1S/C10H18N4O/c1-10(2,7-15-4)14-9-6-12-5-8(11-3)13-9/h5-6H,7H2,1-4H3,(H2,11,13,14). The molecule has 0 saturated carbocycles. The third-order valence-corrected chi connectivity index (χ3v) is 1.86. The molecule has 0 fully saturated rings. The Morgan fingerprint density at radius 2 is 2.00 bits per heavy atom. The number of hydrogen-bond acceptors (Lipinski definition) is 5. The maximum Gasteiger partial charge on any atom is 0.147 e. The minimum Gasteiger partial charge on any atom is -0.382 e. The van der Waals surface area contributed by atoms with Crippen molar-refractivity contribution in [2.45, 2.75) is 19.4 Å². The second-order valence-corrected chi connectivity index (χ2v) is 3.98. The van der Waals surface area contributed by atoms with E-state index in [1.54, 1.807) is 19.5 Å². The van der Waals surface area contributed by atoms with E-state index in [2.05, 4.69) is 20.6 Å². The number of anilines is 2. The van der Waals surface area contributed by atoms with Gasteiger partial charge in [-0.25, -0.2) is 4.98 Å². The van der Waals surface area contributed by atoms with E-state index in [0.29, 0.717) is 6.61 Å². The molecule has 0 aliphatic rings. The maximum atomic E-state index is 5.11. The van der Waals surface area contributed by atoms with Crippen LogP contribution in [0.1, 0.15) is 13.8 Å². The summed E-state index contributed by atoms with van der Waals surface area (Å²) < 4.78 is 5.11. The van der Waals surface area contributed by atoms with Gasteiger partial charge in [-0.15, -0.1) is 0 Å². The van der Waals surface area contributed by atoms with Gasteiger partial charge in [-0.05, 0) is 13.8 Å². The smallest absolute Gasteiger partial charge is 0.147 e. The fraction of sp³-hybridized carbons (Fsp3) is 0.600. The Bertz CT molecular complexity index is 314. The molecule has 1 aromatic heterocycles. The van der Waals surface area contributed by atoms with Crippen molar-refractivity contribution in [3.63, 3.8) is 0 Å². The first-order chi connectivity index (χ1) is 7.07. The molecule has 0 unspecified atom stereocenters. The Morgan fingerprint density at radius 3 is 2.60 bits per heavy atom. The molecule has 0 bridgehead atoms. The van der Waals surface area contributed by atoms with E-state index >= 15 is 0 Å². The molecule has 1 aromatic rings. The van der Waals surface area contributed by atoms with Gasteiger partial charge in [-0.1, -0.05) is 0 Å². The Kier molecular flexibility index (Phi) is 3.85. The number of hydrogen-bond donors (Lipinski definition) is 2. The van der Waals surface area contributed by atoms with Crippen LogP contribution in [0.4, 0.5) is 11.6 Å². The zero-order valence-corrected chi connectivity index (χ0v) is 9.66. The monoisotopic (exact) mass is 210 g/mol. The van der Waals surface area contributed by atoms with Crippen LogP contribution in [0.15, 0.2) is 12.4 Å². The number of ether oxygens (including phenoxy) is 1. The van der Waals surface area contributed by atoms with Gasteiger partial charge in [-0.3, -0.25) is 4.98 Å². The van der Waals surface area contributed by atoms with E-state index in [4.69, 9.17) is 4.74 Å². The van der Waals surface area contributed by atoms with Crippen molar-refractivity contribution < 1.29 is 4.74 Å². The van der Waals surface area contributed by atoms with Crippen molar-refractivity contribution >= 4 is 11.6 Å². The van der Waals surface area contributed by atoms with Crippen LogP contribution < -0.4 is 10.6 Å². The summed E-state index contributed by atoms with van der Waals surface area (Å²) in [6.07, 6.45) is 3.37. The average Bonchev–Trinajstić information content (AvgIpc) is 2.17. The van der Waals surface area contributed by atoms with E-state index in [9.17, 15) is 0 Å². The van der Waals surface area contributed by atoms with Gasteiger partial charge < -0.3 is 15.4 Å². The van der Waals surface area contributed by atoms with Crippen molar-refractivity contribution in [3.05, 3.63) is 12.4 Å². The van der Waals surface area contributed by atoms with Crippen molar-refractivity contribution in [3.8, 4) is 0 Å². The predicted molar refractivity (Wildman–Crippen MR) is 61.2 cm³/mol. The lowest BCUT2D eigenvalue weighted by atomic mass is 10.1.